The highest BCUT2D eigenvalue weighted by molar-refractivity contribution is 5.65. The summed E-state index contributed by atoms with van der Waals surface area (Å²) in [5.74, 6) is 1.40. The van der Waals surface area contributed by atoms with Gasteiger partial charge < -0.3 is 9.84 Å². The summed E-state index contributed by atoms with van der Waals surface area (Å²) < 4.78 is 5.48. The second-order valence-electron chi connectivity index (χ2n) is 10.3. The number of aliphatic hydroxyl groups excluding tert-OH is 1. The van der Waals surface area contributed by atoms with Crippen molar-refractivity contribution < 1.29 is 14.6 Å². The van der Waals surface area contributed by atoms with Gasteiger partial charge in [-0.3, -0.25) is 4.79 Å². The Morgan fingerprint density at radius 1 is 1.28 bits per heavy atom. The molecule has 4 fully saturated rings. The molecule has 0 aromatic rings. The number of hydrogen-bond donors (Lipinski definition) is 1. The van der Waals surface area contributed by atoms with E-state index in [1.807, 2.05) is 0 Å². The summed E-state index contributed by atoms with van der Waals surface area (Å²) in [6.45, 7) is 11.0. The van der Waals surface area contributed by atoms with Crippen molar-refractivity contribution in [2.24, 2.45) is 34.0 Å². The zero-order valence-electron chi connectivity index (χ0n) is 16.1. The van der Waals surface area contributed by atoms with Crippen molar-refractivity contribution in [3.63, 3.8) is 0 Å². The number of carbonyl (C=O) groups is 1. The summed E-state index contributed by atoms with van der Waals surface area (Å²) in [6, 6.07) is 0. The Labute approximate surface area is 152 Å². The predicted octanol–water partition coefficient (Wildman–Crippen LogP) is 4.49. The maximum Gasteiger partial charge on any atom is 0.302 e. The first kappa shape index (κ1) is 17.6. The van der Waals surface area contributed by atoms with Gasteiger partial charge in [0, 0.05) is 12.3 Å². The smallest absolute Gasteiger partial charge is 0.302 e. The second-order valence-corrected chi connectivity index (χ2v) is 10.3. The Morgan fingerprint density at radius 3 is 2.76 bits per heavy atom. The molecule has 1 N–H and O–H groups in total. The van der Waals surface area contributed by atoms with E-state index in [1.54, 1.807) is 0 Å². The summed E-state index contributed by atoms with van der Waals surface area (Å²) in [5.41, 5.74) is 1.77. The maximum absolute atomic E-state index is 11.4. The van der Waals surface area contributed by atoms with Crippen LogP contribution in [-0.2, 0) is 9.53 Å². The van der Waals surface area contributed by atoms with Crippen molar-refractivity contribution in [3.05, 3.63) is 12.2 Å². The molecule has 4 rings (SSSR count). The topological polar surface area (TPSA) is 46.5 Å². The molecule has 3 nitrogen and oxygen atoms in total. The van der Waals surface area contributed by atoms with E-state index in [2.05, 4.69) is 20.4 Å². The third-order valence-electron chi connectivity index (χ3n) is 8.68. The molecule has 3 heteroatoms. The lowest BCUT2D eigenvalue weighted by atomic mass is 9.40. The van der Waals surface area contributed by atoms with Crippen LogP contribution < -0.4 is 0 Å². The lowest BCUT2D eigenvalue weighted by molar-refractivity contribution is -0.212. The van der Waals surface area contributed by atoms with Gasteiger partial charge in [0.25, 0.3) is 0 Å². The minimum atomic E-state index is -0.285. The average Bonchev–Trinajstić information content (AvgIpc) is 2.73. The average molecular weight is 347 g/mol. The van der Waals surface area contributed by atoms with Crippen LogP contribution in [0.5, 0.6) is 0 Å². The Morgan fingerprint density at radius 2 is 2.04 bits per heavy atom. The lowest BCUT2D eigenvalue weighted by Gasteiger charge is -2.65. The number of ether oxygens (including phenoxy) is 1. The molecule has 0 radical (unpaired) electrons. The van der Waals surface area contributed by atoms with E-state index >= 15 is 0 Å². The molecular weight excluding hydrogens is 312 g/mol. The van der Waals surface area contributed by atoms with Crippen LogP contribution in [0.2, 0.25) is 0 Å². The lowest BCUT2D eigenvalue weighted by Crippen LogP contribution is -2.62. The summed E-state index contributed by atoms with van der Waals surface area (Å²) in [6.07, 6.45) is 9.00. The van der Waals surface area contributed by atoms with E-state index in [9.17, 15) is 9.90 Å². The summed E-state index contributed by atoms with van der Waals surface area (Å²) in [4.78, 5) is 11.4. The van der Waals surface area contributed by atoms with Crippen LogP contribution in [-0.4, -0.2) is 23.8 Å². The molecule has 4 saturated carbocycles. The Balaban J connectivity index is 1.70. The zero-order valence-corrected chi connectivity index (χ0v) is 16.1. The van der Waals surface area contributed by atoms with Crippen LogP contribution in [0, 0.1) is 34.0 Å². The highest BCUT2D eigenvalue weighted by Crippen LogP contribution is 2.72. The van der Waals surface area contributed by atoms with E-state index in [0.29, 0.717) is 18.4 Å². The predicted molar refractivity (Wildman–Crippen MR) is 97.8 cm³/mol. The number of allylic oxidation sites excluding steroid dienone is 1. The summed E-state index contributed by atoms with van der Waals surface area (Å²) >= 11 is 0. The molecule has 1 spiro atoms. The highest BCUT2D eigenvalue weighted by atomic mass is 16.5. The largest absolute Gasteiger partial charge is 0.465 e. The van der Waals surface area contributed by atoms with E-state index in [1.165, 1.54) is 44.6 Å². The van der Waals surface area contributed by atoms with Gasteiger partial charge in [-0.2, -0.15) is 0 Å². The van der Waals surface area contributed by atoms with E-state index in [-0.39, 0.29) is 34.2 Å². The standard InChI is InChI=1S/C22H34O3/c1-14-10-22-11-16(14)6-7-18(22)21(4)9-5-8-20(3,13-25-15(2)23)19(21)17(24)12-22/h16-19,24H,1,5-13H2,2-4H3/t16-,17+,18+,19-,20+,21+,22-/m1/s1. The minimum absolute atomic E-state index is 0.105. The third kappa shape index (κ3) is 2.44. The Kier molecular flexibility index (Phi) is 3.92. The number of aliphatic hydroxyl groups is 1. The van der Waals surface area contributed by atoms with Crippen molar-refractivity contribution in [1.82, 2.24) is 0 Å². The fourth-order valence-electron chi connectivity index (χ4n) is 8.11. The molecule has 25 heavy (non-hydrogen) atoms. The number of hydrogen-bond acceptors (Lipinski definition) is 3. The van der Waals surface area contributed by atoms with Crippen molar-refractivity contribution in [2.45, 2.75) is 78.2 Å². The first-order valence-corrected chi connectivity index (χ1v) is 10.2. The van der Waals surface area contributed by atoms with Gasteiger partial charge in [0.15, 0.2) is 0 Å². The highest BCUT2D eigenvalue weighted by Gasteiger charge is 2.66. The van der Waals surface area contributed by atoms with Crippen molar-refractivity contribution >= 4 is 5.97 Å². The molecule has 0 aromatic heterocycles. The first-order chi connectivity index (χ1) is 11.7. The minimum Gasteiger partial charge on any atom is -0.465 e. The molecular formula is C22H34O3. The Hall–Kier alpha value is -0.830. The zero-order chi connectivity index (χ0) is 18.0. The number of esters is 1. The quantitative estimate of drug-likeness (QED) is 0.592. The SMILES string of the molecule is C=C1C[C@]23C[C@H]1CC[C@H]2[C@]1(C)CCC[C@@](C)(COC(C)=O)[C@H]1[C@@H](O)C3. The van der Waals surface area contributed by atoms with Crippen LogP contribution in [0.25, 0.3) is 0 Å². The number of carbonyl (C=O) groups excluding carboxylic acids is 1. The molecule has 2 bridgehead atoms. The van der Waals surface area contributed by atoms with Gasteiger partial charge in [0.1, 0.15) is 0 Å². The molecule has 4 aliphatic rings. The van der Waals surface area contributed by atoms with Crippen molar-refractivity contribution in [2.75, 3.05) is 6.61 Å². The van der Waals surface area contributed by atoms with Gasteiger partial charge in [0.05, 0.1) is 12.7 Å². The van der Waals surface area contributed by atoms with Crippen LogP contribution in [0.3, 0.4) is 0 Å². The van der Waals surface area contributed by atoms with Crippen LogP contribution in [0.15, 0.2) is 12.2 Å². The summed E-state index contributed by atoms with van der Waals surface area (Å²) in [5, 5.41) is 11.3. The molecule has 0 aliphatic heterocycles. The van der Waals surface area contributed by atoms with Gasteiger partial charge in [-0.1, -0.05) is 32.4 Å². The molecule has 0 heterocycles. The van der Waals surface area contributed by atoms with Gasteiger partial charge in [0.2, 0.25) is 0 Å². The van der Waals surface area contributed by atoms with Crippen LogP contribution in [0.4, 0.5) is 0 Å². The van der Waals surface area contributed by atoms with Gasteiger partial charge in [-0.05, 0) is 73.5 Å². The fraction of sp³-hybridized carbons (Fsp3) is 0.864. The van der Waals surface area contributed by atoms with E-state index < -0.39 is 0 Å². The van der Waals surface area contributed by atoms with Crippen molar-refractivity contribution in [1.29, 1.82) is 0 Å². The normalized spacial score (nSPS) is 51.6. The van der Waals surface area contributed by atoms with Crippen molar-refractivity contribution in [3.8, 4) is 0 Å². The second kappa shape index (κ2) is 5.58. The molecule has 0 aromatic carbocycles. The number of fused-ring (bicyclic) bond motifs is 3. The maximum atomic E-state index is 11.4. The van der Waals surface area contributed by atoms with Crippen LogP contribution >= 0.6 is 0 Å². The van der Waals surface area contributed by atoms with Gasteiger partial charge >= 0.3 is 5.97 Å². The molecule has 0 unspecified atom stereocenters. The molecule has 7 atom stereocenters. The molecule has 0 amide bonds. The molecule has 4 aliphatic carbocycles. The van der Waals surface area contributed by atoms with Gasteiger partial charge in [-0.25, -0.2) is 0 Å². The van der Waals surface area contributed by atoms with E-state index in [4.69, 9.17) is 4.74 Å². The molecule has 0 saturated heterocycles. The number of rotatable bonds is 2. The monoisotopic (exact) mass is 346 g/mol. The first-order valence-electron chi connectivity index (χ1n) is 10.2. The van der Waals surface area contributed by atoms with Gasteiger partial charge in [-0.15, -0.1) is 0 Å². The molecule has 140 valence electrons. The third-order valence-corrected chi connectivity index (χ3v) is 8.68. The Bertz CT molecular complexity index is 598. The fourth-order valence-corrected chi connectivity index (χ4v) is 8.11. The summed E-state index contributed by atoms with van der Waals surface area (Å²) in [7, 11) is 0. The van der Waals surface area contributed by atoms with Crippen LogP contribution in [0.1, 0.15) is 72.1 Å². The van der Waals surface area contributed by atoms with E-state index in [0.717, 1.165) is 19.3 Å².